The van der Waals surface area contributed by atoms with Crippen molar-refractivity contribution in [2.45, 2.75) is 13.0 Å². The predicted molar refractivity (Wildman–Crippen MR) is 117 cm³/mol. The fourth-order valence-corrected chi connectivity index (χ4v) is 3.56. The molecule has 1 saturated heterocycles. The molecule has 0 unspecified atom stereocenters. The second-order valence-corrected chi connectivity index (χ2v) is 7.99. The van der Waals surface area contributed by atoms with Crippen LogP contribution in [0.3, 0.4) is 0 Å². The minimum atomic E-state index is 0.223. The first-order chi connectivity index (χ1) is 15.1. The molecule has 0 atom stereocenters. The molecule has 1 aromatic carbocycles. The van der Waals surface area contributed by atoms with Gasteiger partial charge in [0.1, 0.15) is 5.75 Å². The average molecular weight is 437 g/mol. The van der Waals surface area contributed by atoms with Gasteiger partial charge in [-0.1, -0.05) is 17.7 Å². The highest BCUT2D eigenvalue weighted by atomic mass is 35.5. The highest BCUT2D eigenvalue weighted by molar-refractivity contribution is 6.30. The zero-order valence-electron chi connectivity index (χ0n) is 17.0. The van der Waals surface area contributed by atoms with Crippen molar-refractivity contribution < 1.29 is 9.47 Å². The van der Waals surface area contributed by atoms with E-state index in [1.54, 1.807) is 6.20 Å². The van der Waals surface area contributed by atoms with Crippen molar-refractivity contribution in [3.63, 3.8) is 0 Å². The topological polar surface area (TPSA) is 87.0 Å². The van der Waals surface area contributed by atoms with Crippen molar-refractivity contribution in [2.24, 2.45) is 13.0 Å². The maximum atomic E-state index is 5.78. The van der Waals surface area contributed by atoms with Gasteiger partial charge in [0.15, 0.2) is 0 Å². The first-order valence-corrected chi connectivity index (χ1v) is 10.4. The summed E-state index contributed by atoms with van der Waals surface area (Å²) in [6.07, 6.45) is 5.65. The van der Waals surface area contributed by atoms with Gasteiger partial charge in [-0.15, -0.1) is 0 Å². The molecule has 0 spiro atoms. The fraction of sp³-hybridized carbons (Fsp3) is 0.273. The van der Waals surface area contributed by atoms with Gasteiger partial charge in [-0.25, -0.2) is 15.0 Å². The third-order valence-corrected chi connectivity index (χ3v) is 5.40. The molecule has 1 aliphatic heterocycles. The van der Waals surface area contributed by atoms with Crippen molar-refractivity contribution in [1.82, 2.24) is 24.5 Å². The van der Waals surface area contributed by atoms with Crippen molar-refractivity contribution in [2.75, 3.05) is 18.5 Å². The standard InChI is InChI=1S/C22H21ClN6O2/c1-29-20-7-14(6-15-12-30-13-15)2-5-19(20)28-21(29)25-10-17-3-4-18(11-24-17)31-22-26-8-16(23)9-27-22/h2-5,7-9,11,15H,6,10,12-13H2,1H3,(H,25,28). The number of benzene rings is 1. The molecule has 0 saturated carbocycles. The molecular weight excluding hydrogens is 416 g/mol. The first-order valence-electron chi connectivity index (χ1n) is 10.0. The van der Waals surface area contributed by atoms with Crippen molar-refractivity contribution in [3.05, 3.63) is 65.2 Å². The zero-order chi connectivity index (χ0) is 21.2. The fourth-order valence-electron chi connectivity index (χ4n) is 3.46. The molecule has 5 rings (SSSR count). The van der Waals surface area contributed by atoms with Gasteiger partial charge in [0.2, 0.25) is 5.95 Å². The molecule has 0 amide bonds. The highest BCUT2D eigenvalue weighted by Gasteiger charge is 2.19. The van der Waals surface area contributed by atoms with Crippen LogP contribution in [0.4, 0.5) is 5.95 Å². The van der Waals surface area contributed by atoms with E-state index in [2.05, 4.69) is 43.0 Å². The third-order valence-electron chi connectivity index (χ3n) is 5.21. The molecule has 1 aliphatic rings. The Hall–Kier alpha value is -3.23. The Morgan fingerprint density at radius 1 is 1.13 bits per heavy atom. The molecule has 31 heavy (non-hydrogen) atoms. The van der Waals surface area contributed by atoms with Crippen molar-refractivity contribution in [3.8, 4) is 11.8 Å². The van der Waals surface area contributed by atoms with Crippen LogP contribution >= 0.6 is 11.6 Å². The largest absolute Gasteiger partial charge is 0.423 e. The van der Waals surface area contributed by atoms with Crippen LogP contribution in [0.15, 0.2) is 48.9 Å². The average Bonchev–Trinajstić information content (AvgIpc) is 3.07. The molecular formula is C22H21ClN6O2. The van der Waals surface area contributed by atoms with Gasteiger partial charge in [0.25, 0.3) is 0 Å². The number of pyridine rings is 1. The third kappa shape index (κ3) is 4.45. The molecule has 0 radical (unpaired) electrons. The molecule has 158 valence electrons. The van der Waals surface area contributed by atoms with E-state index in [0.29, 0.717) is 23.2 Å². The first kappa shape index (κ1) is 19.7. The summed E-state index contributed by atoms with van der Waals surface area (Å²) < 4.78 is 12.9. The lowest BCUT2D eigenvalue weighted by atomic mass is 9.98. The van der Waals surface area contributed by atoms with Gasteiger partial charge in [-0.3, -0.25) is 4.98 Å². The molecule has 4 aromatic rings. The van der Waals surface area contributed by atoms with Crippen LogP contribution in [0.2, 0.25) is 5.02 Å². The van der Waals surface area contributed by atoms with Gasteiger partial charge in [-0.05, 0) is 36.2 Å². The molecule has 0 bridgehead atoms. The lowest BCUT2D eigenvalue weighted by Crippen LogP contribution is -2.29. The SMILES string of the molecule is Cn1c(NCc2ccc(Oc3ncc(Cl)cn3)cn2)nc2ccc(CC3COC3)cc21. The van der Waals surface area contributed by atoms with E-state index in [9.17, 15) is 0 Å². The minimum absolute atomic E-state index is 0.223. The highest BCUT2D eigenvalue weighted by Crippen LogP contribution is 2.24. The summed E-state index contributed by atoms with van der Waals surface area (Å²) >= 11 is 5.78. The van der Waals surface area contributed by atoms with Crippen LogP contribution in [0.5, 0.6) is 11.8 Å². The van der Waals surface area contributed by atoms with E-state index < -0.39 is 0 Å². The number of fused-ring (bicyclic) bond motifs is 1. The molecule has 1 fully saturated rings. The summed E-state index contributed by atoms with van der Waals surface area (Å²) in [4.78, 5) is 17.2. The second kappa shape index (κ2) is 8.49. The van der Waals surface area contributed by atoms with Crippen molar-refractivity contribution in [1.29, 1.82) is 0 Å². The Bertz CT molecular complexity index is 1190. The van der Waals surface area contributed by atoms with Gasteiger partial charge in [0, 0.05) is 13.0 Å². The van der Waals surface area contributed by atoms with Crippen LogP contribution in [0.1, 0.15) is 11.3 Å². The maximum absolute atomic E-state index is 5.78. The Labute approximate surface area is 184 Å². The maximum Gasteiger partial charge on any atom is 0.322 e. The van der Waals surface area contributed by atoms with Crippen LogP contribution < -0.4 is 10.1 Å². The molecule has 8 nitrogen and oxygen atoms in total. The minimum Gasteiger partial charge on any atom is -0.423 e. The zero-order valence-corrected chi connectivity index (χ0v) is 17.7. The summed E-state index contributed by atoms with van der Waals surface area (Å²) in [5.41, 5.74) is 4.26. The van der Waals surface area contributed by atoms with E-state index in [1.165, 1.54) is 18.0 Å². The number of nitrogens with zero attached hydrogens (tertiary/aromatic N) is 5. The molecule has 0 aliphatic carbocycles. The van der Waals surface area contributed by atoms with Crippen LogP contribution in [0.25, 0.3) is 11.0 Å². The summed E-state index contributed by atoms with van der Waals surface area (Å²) in [7, 11) is 2.02. The van der Waals surface area contributed by atoms with Crippen LogP contribution in [-0.4, -0.2) is 37.7 Å². The van der Waals surface area contributed by atoms with E-state index >= 15 is 0 Å². The van der Waals surface area contributed by atoms with Gasteiger partial charge in [-0.2, -0.15) is 0 Å². The lowest BCUT2D eigenvalue weighted by molar-refractivity contribution is -0.0312. The lowest BCUT2D eigenvalue weighted by Gasteiger charge is -2.25. The number of hydrogen-bond donors (Lipinski definition) is 1. The van der Waals surface area contributed by atoms with Gasteiger partial charge < -0.3 is 19.4 Å². The summed E-state index contributed by atoms with van der Waals surface area (Å²) in [6, 6.07) is 10.4. The Morgan fingerprint density at radius 3 is 2.68 bits per heavy atom. The van der Waals surface area contributed by atoms with Crippen LogP contribution in [0, 0.1) is 5.92 Å². The van der Waals surface area contributed by atoms with Gasteiger partial charge in [0.05, 0.1) is 60.1 Å². The number of ether oxygens (including phenoxy) is 2. The number of imidazole rings is 1. The van der Waals surface area contributed by atoms with Gasteiger partial charge >= 0.3 is 6.01 Å². The van der Waals surface area contributed by atoms with E-state index in [0.717, 1.165) is 42.3 Å². The second-order valence-electron chi connectivity index (χ2n) is 7.55. The summed E-state index contributed by atoms with van der Waals surface area (Å²) in [5, 5.41) is 3.82. The van der Waals surface area contributed by atoms with E-state index in [-0.39, 0.29) is 6.01 Å². The Kier molecular flexibility index (Phi) is 5.40. The number of aromatic nitrogens is 5. The normalized spacial score (nSPS) is 13.9. The molecule has 1 N–H and O–H groups in total. The number of anilines is 1. The van der Waals surface area contributed by atoms with E-state index in [4.69, 9.17) is 26.1 Å². The number of aryl methyl sites for hydroxylation is 1. The predicted octanol–water partition coefficient (Wildman–Crippen LogP) is 4.01. The summed E-state index contributed by atoms with van der Waals surface area (Å²) in [5.74, 6) is 1.99. The molecule has 9 heteroatoms. The number of hydrogen-bond acceptors (Lipinski definition) is 7. The Balaban J connectivity index is 1.23. The van der Waals surface area contributed by atoms with E-state index in [1.807, 2.05) is 19.2 Å². The number of rotatable bonds is 7. The monoisotopic (exact) mass is 436 g/mol. The number of halogens is 1. The quantitative estimate of drug-likeness (QED) is 0.468. The number of nitrogens with one attached hydrogen (secondary N) is 1. The van der Waals surface area contributed by atoms with Crippen molar-refractivity contribution >= 4 is 28.6 Å². The molecule has 3 aromatic heterocycles. The molecule has 4 heterocycles. The van der Waals surface area contributed by atoms with Crippen LogP contribution in [-0.2, 0) is 24.8 Å². The Morgan fingerprint density at radius 2 is 1.97 bits per heavy atom. The smallest absolute Gasteiger partial charge is 0.322 e. The summed E-state index contributed by atoms with van der Waals surface area (Å²) in [6.45, 7) is 2.26.